The number of ether oxygens (including phenoxy) is 1. The first-order valence-corrected chi connectivity index (χ1v) is 6.91. The van der Waals surface area contributed by atoms with Crippen LogP contribution in [-0.2, 0) is 11.3 Å². The van der Waals surface area contributed by atoms with Gasteiger partial charge in [0.15, 0.2) is 0 Å². The zero-order valence-electron chi connectivity index (χ0n) is 11.7. The van der Waals surface area contributed by atoms with Gasteiger partial charge >= 0.3 is 0 Å². The summed E-state index contributed by atoms with van der Waals surface area (Å²) in [5.74, 6) is 4.99. The van der Waals surface area contributed by atoms with E-state index in [1.165, 1.54) is 6.07 Å². The molecule has 0 spiro atoms. The summed E-state index contributed by atoms with van der Waals surface area (Å²) < 4.78 is 19.6. The zero-order chi connectivity index (χ0) is 14.4. The van der Waals surface area contributed by atoms with Gasteiger partial charge < -0.3 is 9.84 Å². The topological polar surface area (TPSA) is 32.7 Å². The molecule has 1 heterocycles. The molecule has 1 aromatic carbocycles. The van der Waals surface area contributed by atoms with Crippen molar-refractivity contribution in [2.45, 2.75) is 26.0 Å². The molecule has 0 aromatic heterocycles. The predicted octanol–water partition coefficient (Wildman–Crippen LogP) is 1.78. The molecule has 0 saturated carbocycles. The summed E-state index contributed by atoms with van der Waals surface area (Å²) in [6.07, 6.45) is 1.17. The van der Waals surface area contributed by atoms with E-state index in [2.05, 4.69) is 16.7 Å². The quantitative estimate of drug-likeness (QED) is 0.836. The van der Waals surface area contributed by atoms with Crippen LogP contribution in [-0.4, -0.2) is 42.4 Å². The summed E-state index contributed by atoms with van der Waals surface area (Å²) in [6, 6.07) is 4.99. The maximum Gasteiger partial charge on any atom is 0.128 e. The Morgan fingerprint density at radius 1 is 1.50 bits per heavy atom. The lowest BCUT2D eigenvalue weighted by Gasteiger charge is -2.22. The summed E-state index contributed by atoms with van der Waals surface area (Å²) in [6.45, 7) is 4.95. The van der Waals surface area contributed by atoms with Crippen LogP contribution in [0.3, 0.4) is 0 Å². The number of rotatable bonds is 2. The highest BCUT2D eigenvalue weighted by molar-refractivity contribution is 5.37. The molecule has 1 fully saturated rings. The van der Waals surface area contributed by atoms with Crippen LogP contribution in [0.2, 0.25) is 0 Å². The fourth-order valence-corrected chi connectivity index (χ4v) is 2.36. The summed E-state index contributed by atoms with van der Waals surface area (Å²) in [5.41, 5.74) is 1.27. The monoisotopic (exact) mass is 277 g/mol. The minimum absolute atomic E-state index is 0.190. The molecule has 1 N–H and O–H groups in total. The molecule has 20 heavy (non-hydrogen) atoms. The number of aliphatic hydroxyl groups excluding tert-OH is 1. The fraction of sp³-hybridized carbons (Fsp3) is 0.500. The molecular weight excluding hydrogens is 257 g/mol. The van der Waals surface area contributed by atoms with Crippen molar-refractivity contribution < 1.29 is 14.2 Å². The second kappa shape index (κ2) is 7.39. The Bertz CT molecular complexity index is 507. The molecule has 2 rings (SSSR count). The maximum absolute atomic E-state index is 14.0. The molecule has 108 valence electrons. The molecule has 1 aromatic rings. The van der Waals surface area contributed by atoms with Crippen molar-refractivity contribution in [2.75, 3.05) is 26.3 Å². The number of halogens is 1. The van der Waals surface area contributed by atoms with E-state index in [1.54, 1.807) is 12.1 Å². The molecule has 0 bridgehead atoms. The van der Waals surface area contributed by atoms with Gasteiger partial charge in [-0.15, -0.1) is 0 Å². The van der Waals surface area contributed by atoms with Gasteiger partial charge in [0.2, 0.25) is 0 Å². The highest BCUT2D eigenvalue weighted by Crippen LogP contribution is 2.15. The average Bonchev–Trinajstić information content (AvgIpc) is 2.63. The Kier molecular flexibility index (Phi) is 5.54. The van der Waals surface area contributed by atoms with E-state index >= 15 is 0 Å². The van der Waals surface area contributed by atoms with Gasteiger partial charge in [-0.2, -0.15) is 0 Å². The molecule has 1 atom stereocenters. The Morgan fingerprint density at radius 3 is 3.10 bits per heavy atom. The van der Waals surface area contributed by atoms with Crippen LogP contribution in [0, 0.1) is 17.7 Å². The van der Waals surface area contributed by atoms with Crippen LogP contribution < -0.4 is 0 Å². The van der Waals surface area contributed by atoms with E-state index < -0.39 is 0 Å². The molecule has 0 amide bonds. The Labute approximate surface area is 119 Å². The van der Waals surface area contributed by atoms with Gasteiger partial charge in [-0.1, -0.05) is 17.9 Å². The van der Waals surface area contributed by atoms with E-state index in [4.69, 9.17) is 9.84 Å². The Hall–Kier alpha value is -1.41. The highest BCUT2D eigenvalue weighted by atomic mass is 19.1. The SMILES string of the molecule is CC1CN(Cc2ccc(C#CCO)cc2F)CCCO1. The van der Waals surface area contributed by atoms with Crippen molar-refractivity contribution in [3.63, 3.8) is 0 Å². The lowest BCUT2D eigenvalue weighted by Crippen LogP contribution is -2.30. The standard InChI is InChI=1S/C16H20FNO2/c1-13-11-18(7-3-9-20-13)12-15-6-5-14(4-2-8-19)10-16(15)17/h5-6,10,13,19H,3,7-9,11-12H2,1H3. The molecule has 1 unspecified atom stereocenters. The van der Waals surface area contributed by atoms with E-state index in [-0.39, 0.29) is 18.5 Å². The molecule has 0 radical (unpaired) electrons. The Balaban J connectivity index is 2.05. The third-order valence-electron chi connectivity index (χ3n) is 3.30. The molecule has 3 nitrogen and oxygen atoms in total. The third kappa shape index (κ3) is 4.31. The first-order valence-electron chi connectivity index (χ1n) is 6.91. The lowest BCUT2D eigenvalue weighted by atomic mass is 10.1. The van der Waals surface area contributed by atoms with Gasteiger partial charge in [0.05, 0.1) is 6.10 Å². The summed E-state index contributed by atoms with van der Waals surface area (Å²) in [4.78, 5) is 2.22. The lowest BCUT2D eigenvalue weighted by molar-refractivity contribution is 0.0666. The van der Waals surface area contributed by atoms with Crippen LogP contribution in [0.5, 0.6) is 0 Å². The molecule has 0 aliphatic carbocycles. The third-order valence-corrected chi connectivity index (χ3v) is 3.30. The first-order chi connectivity index (χ1) is 9.69. The molecule has 1 saturated heterocycles. The predicted molar refractivity (Wildman–Crippen MR) is 75.7 cm³/mol. The summed E-state index contributed by atoms with van der Waals surface area (Å²) in [7, 11) is 0. The highest BCUT2D eigenvalue weighted by Gasteiger charge is 2.16. The van der Waals surface area contributed by atoms with Gasteiger partial charge in [0, 0.05) is 37.4 Å². The number of benzene rings is 1. The van der Waals surface area contributed by atoms with E-state index in [1.807, 2.05) is 6.92 Å². The van der Waals surface area contributed by atoms with E-state index in [0.29, 0.717) is 17.7 Å². The smallest absolute Gasteiger partial charge is 0.128 e. The Morgan fingerprint density at radius 2 is 2.35 bits per heavy atom. The summed E-state index contributed by atoms with van der Waals surface area (Å²) in [5, 5.41) is 8.63. The second-order valence-corrected chi connectivity index (χ2v) is 5.04. The minimum atomic E-state index is -0.243. The van der Waals surface area contributed by atoms with Crippen molar-refractivity contribution in [3.8, 4) is 11.8 Å². The normalized spacial score (nSPS) is 20.1. The number of nitrogens with zero attached hydrogens (tertiary/aromatic N) is 1. The van der Waals surface area contributed by atoms with Crippen LogP contribution in [0.1, 0.15) is 24.5 Å². The van der Waals surface area contributed by atoms with Crippen LogP contribution in [0.15, 0.2) is 18.2 Å². The van der Waals surface area contributed by atoms with Crippen molar-refractivity contribution in [1.82, 2.24) is 4.90 Å². The molecule has 1 aliphatic heterocycles. The van der Waals surface area contributed by atoms with E-state index in [0.717, 1.165) is 26.1 Å². The van der Waals surface area contributed by atoms with Gasteiger partial charge in [-0.25, -0.2) is 4.39 Å². The van der Waals surface area contributed by atoms with Crippen LogP contribution >= 0.6 is 0 Å². The number of hydrogen-bond acceptors (Lipinski definition) is 3. The number of hydrogen-bond donors (Lipinski definition) is 1. The fourth-order valence-electron chi connectivity index (χ4n) is 2.36. The zero-order valence-corrected chi connectivity index (χ0v) is 11.7. The van der Waals surface area contributed by atoms with Gasteiger partial charge in [-0.3, -0.25) is 4.90 Å². The van der Waals surface area contributed by atoms with Crippen molar-refractivity contribution in [3.05, 3.63) is 35.1 Å². The van der Waals surface area contributed by atoms with Crippen molar-refractivity contribution in [1.29, 1.82) is 0 Å². The average molecular weight is 277 g/mol. The molecular formula is C16H20FNO2. The van der Waals surface area contributed by atoms with Gasteiger partial charge in [0.25, 0.3) is 0 Å². The van der Waals surface area contributed by atoms with Crippen LogP contribution in [0.25, 0.3) is 0 Å². The maximum atomic E-state index is 14.0. The van der Waals surface area contributed by atoms with Crippen molar-refractivity contribution in [2.24, 2.45) is 0 Å². The summed E-state index contributed by atoms with van der Waals surface area (Å²) >= 11 is 0. The minimum Gasteiger partial charge on any atom is -0.384 e. The van der Waals surface area contributed by atoms with Gasteiger partial charge in [-0.05, 0) is 25.5 Å². The second-order valence-electron chi connectivity index (χ2n) is 5.04. The largest absolute Gasteiger partial charge is 0.384 e. The van der Waals surface area contributed by atoms with E-state index in [9.17, 15) is 4.39 Å². The first kappa shape index (κ1) is 15.0. The molecule has 1 aliphatic rings. The van der Waals surface area contributed by atoms with Crippen molar-refractivity contribution >= 4 is 0 Å². The van der Waals surface area contributed by atoms with Crippen LogP contribution in [0.4, 0.5) is 4.39 Å². The molecule has 4 heteroatoms. The van der Waals surface area contributed by atoms with Gasteiger partial charge in [0.1, 0.15) is 12.4 Å². The number of aliphatic hydroxyl groups is 1.